The summed E-state index contributed by atoms with van der Waals surface area (Å²) in [6, 6.07) is 1.49. The Morgan fingerprint density at radius 3 is 2.00 bits per heavy atom. The molecular weight excluding hydrogens is 247 g/mol. The van der Waals surface area contributed by atoms with E-state index in [0.717, 1.165) is 6.07 Å². The summed E-state index contributed by atoms with van der Waals surface area (Å²) in [5, 5.41) is 0. The Labute approximate surface area is 92.9 Å². The summed E-state index contributed by atoms with van der Waals surface area (Å²) < 4.78 is 74.8. The van der Waals surface area contributed by atoms with Crippen molar-refractivity contribution in [3.05, 3.63) is 24.0 Å². The van der Waals surface area contributed by atoms with Gasteiger partial charge in [-0.3, -0.25) is 4.98 Å². The quantitative estimate of drug-likeness (QED) is 0.584. The highest BCUT2D eigenvalue weighted by Gasteiger charge is 2.65. The molecule has 0 unspecified atom stereocenters. The zero-order valence-electron chi connectivity index (χ0n) is 8.44. The van der Waals surface area contributed by atoms with E-state index in [2.05, 4.69) is 4.98 Å². The number of alkyl halides is 3. The molecule has 1 fully saturated rings. The van der Waals surface area contributed by atoms with E-state index in [9.17, 15) is 26.1 Å². The summed E-state index contributed by atoms with van der Waals surface area (Å²) in [7, 11) is 0. The van der Waals surface area contributed by atoms with Crippen molar-refractivity contribution in [1.82, 2.24) is 4.98 Å². The summed E-state index contributed by atoms with van der Waals surface area (Å²) in [5.74, 6) is 0. The smallest absolute Gasteiger partial charge is 0.445 e. The molecule has 0 bridgehead atoms. The molecular formula is C9H7BF6N-. The van der Waals surface area contributed by atoms with Crippen LogP contribution in [0.15, 0.2) is 18.3 Å². The highest BCUT2D eigenvalue weighted by Crippen LogP contribution is 2.58. The lowest BCUT2D eigenvalue weighted by Gasteiger charge is -2.20. The standard InChI is InChI=1S/C9H7BF6N/c11-9(12,13)8(3-4-8)7-2-1-6(5-17-7)10(14,15)16/h1-2,5H,3-4H2/q-1. The predicted octanol–water partition coefficient (Wildman–Crippen LogP) is 2.73. The van der Waals surface area contributed by atoms with E-state index in [0.29, 0.717) is 12.3 Å². The van der Waals surface area contributed by atoms with Crippen molar-refractivity contribution in [3.63, 3.8) is 0 Å². The topological polar surface area (TPSA) is 12.9 Å². The van der Waals surface area contributed by atoms with Gasteiger partial charge in [-0.1, -0.05) is 11.5 Å². The molecule has 0 aliphatic heterocycles. The summed E-state index contributed by atoms with van der Waals surface area (Å²) in [4.78, 5) is 3.32. The summed E-state index contributed by atoms with van der Waals surface area (Å²) in [6.45, 7) is -5.21. The third-order valence-electron chi connectivity index (χ3n) is 2.95. The Balaban J connectivity index is 2.32. The third-order valence-corrected chi connectivity index (χ3v) is 2.95. The molecule has 1 saturated carbocycles. The molecule has 0 aromatic carbocycles. The maximum atomic E-state index is 12.7. The first-order chi connectivity index (χ1) is 7.67. The first-order valence-electron chi connectivity index (χ1n) is 4.90. The van der Waals surface area contributed by atoms with Crippen LogP contribution in [0.5, 0.6) is 0 Å². The summed E-state index contributed by atoms with van der Waals surface area (Å²) in [5.41, 5.74) is -3.33. The minimum absolute atomic E-state index is 0.111. The molecule has 0 amide bonds. The van der Waals surface area contributed by atoms with Crippen LogP contribution in [0.1, 0.15) is 18.5 Å². The molecule has 1 heterocycles. The van der Waals surface area contributed by atoms with E-state index in [4.69, 9.17) is 0 Å². The second-order valence-corrected chi connectivity index (χ2v) is 4.13. The highest BCUT2D eigenvalue weighted by molar-refractivity contribution is 6.73. The average Bonchev–Trinajstić information content (AvgIpc) is 2.96. The fraction of sp³-hybridized carbons (Fsp3) is 0.444. The maximum Gasteiger partial charge on any atom is 0.511 e. The molecule has 1 nitrogen and oxygen atoms in total. The van der Waals surface area contributed by atoms with Crippen molar-refractivity contribution in [2.75, 3.05) is 0 Å². The number of hydrogen-bond donors (Lipinski definition) is 0. The van der Waals surface area contributed by atoms with Crippen LogP contribution in [0.3, 0.4) is 0 Å². The largest absolute Gasteiger partial charge is 0.511 e. The Bertz CT molecular complexity index is 417. The van der Waals surface area contributed by atoms with Gasteiger partial charge in [0.25, 0.3) is 0 Å². The average molecular weight is 254 g/mol. The molecule has 17 heavy (non-hydrogen) atoms. The molecule has 0 radical (unpaired) electrons. The van der Waals surface area contributed by atoms with Crippen molar-refractivity contribution in [3.8, 4) is 0 Å². The number of halogens is 6. The van der Waals surface area contributed by atoms with E-state index >= 15 is 0 Å². The summed E-state index contributed by atoms with van der Waals surface area (Å²) >= 11 is 0. The van der Waals surface area contributed by atoms with Crippen molar-refractivity contribution in [2.24, 2.45) is 0 Å². The number of aromatic nitrogens is 1. The van der Waals surface area contributed by atoms with Gasteiger partial charge in [-0.05, 0) is 18.9 Å². The highest BCUT2D eigenvalue weighted by atomic mass is 19.4. The lowest BCUT2D eigenvalue weighted by Crippen LogP contribution is -2.36. The molecule has 0 atom stereocenters. The van der Waals surface area contributed by atoms with E-state index in [1.165, 1.54) is 0 Å². The zero-order chi connectivity index (χ0) is 12.9. The molecule has 1 aromatic rings. The van der Waals surface area contributed by atoms with Gasteiger partial charge in [-0.2, -0.15) is 13.2 Å². The molecule has 1 aliphatic carbocycles. The predicted molar refractivity (Wildman–Crippen MR) is 49.9 cm³/mol. The van der Waals surface area contributed by atoms with Crippen molar-refractivity contribution in [2.45, 2.75) is 24.4 Å². The SMILES string of the molecule is F[B-](F)(F)c1ccc(C2(C(F)(F)F)CC2)nc1. The Morgan fingerprint density at radius 1 is 1.12 bits per heavy atom. The van der Waals surface area contributed by atoms with Gasteiger partial charge >= 0.3 is 13.2 Å². The molecule has 8 heteroatoms. The zero-order valence-corrected chi connectivity index (χ0v) is 8.44. The Kier molecular flexibility index (Phi) is 2.45. The first-order valence-corrected chi connectivity index (χ1v) is 4.90. The van der Waals surface area contributed by atoms with Crippen LogP contribution in [0, 0.1) is 0 Å². The van der Waals surface area contributed by atoms with Gasteiger partial charge in [0, 0.05) is 6.20 Å². The Hall–Kier alpha value is -1.21. The molecule has 2 rings (SSSR count). The fourth-order valence-electron chi connectivity index (χ4n) is 1.69. The number of nitrogens with zero attached hydrogens (tertiary/aromatic N) is 1. The van der Waals surface area contributed by atoms with Crippen LogP contribution in [-0.4, -0.2) is 18.1 Å². The molecule has 1 aliphatic rings. The molecule has 0 spiro atoms. The second-order valence-electron chi connectivity index (χ2n) is 4.13. The van der Waals surface area contributed by atoms with Gasteiger partial charge in [0.05, 0.1) is 5.69 Å². The van der Waals surface area contributed by atoms with Crippen LogP contribution in [0.4, 0.5) is 26.1 Å². The van der Waals surface area contributed by atoms with Crippen molar-refractivity contribution < 1.29 is 26.1 Å². The second kappa shape index (κ2) is 3.40. The lowest BCUT2D eigenvalue weighted by atomic mass is 9.81. The van der Waals surface area contributed by atoms with Crippen LogP contribution >= 0.6 is 0 Å². The van der Waals surface area contributed by atoms with Gasteiger partial charge in [-0.25, -0.2) is 0 Å². The normalized spacial score (nSPS) is 19.2. The fourth-order valence-corrected chi connectivity index (χ4v) is 1.69. The Morgan fingerprint density at radius 2 is 1.71 bits per heavy atom. The van der Waals surface area contributed by atoms with E-state index in [1.54, 1.807) is 0 Å². The molecule has 94 valence electrons. The van der Waals surface area contributed by atoms with Crippen molar-refractivity contribution in [1.29, 1.82) is 0 Å². The van der Waals surface area contributed by atoms with Gasteiger partial charge in [-0.15, -0.1) is 0 Å². The third kappa shape index (κ3) is 2.00. The van der Waals surface area contributed by atoms with Crippen LogP contribution < -0.4 is 5.46 Å². The monoisotopic (exact) mass is 254 g/mol. The minimum Gasteiger partial charge on any atom is -0.445 e. The van der Waals surface area contributed by atoms with E-state index in [-0.39, 0.29) is 18.5 Å². The molecule has 1 aromatic heterocycles. The van der Waals surface area contributed by atoms with Crippen LogP contribution in [-0.2, 0) is 5.41 Å². The van der Waals surface area contributed by atoms with Gasteiger partial charge in [0.15, 0.2) is 0 Å². The summed E-state index contributed by atoms with van der Waals surface area (Å²) in [6.07, 6.45) is -4.20. The van der Waals surface area contributed by atoms with Crippen LogP contribution in [0.2, 0.25) is 0 Å². The van der Waals surface area contributed by atoms with E-state index in [1.807, 2.05) is 0 Å². The minimum atomic E-state index is -5.21. The maximum absolute atomic E-state index is 12.7. The number of hydrogen-bond acceptors (Lipinski definition) is 1. The van der Waals surface area contributed by atoms with Gasteiger partial charge in [0.1, 0.15) is 5.41 Å². The van der Waals surface area contributed by atoms with Crippen LogP contribution in [0.25, 0.3) is 0 Å². The number of pyridine rings is 1. The van der Waals surface area contributed by atoms with Gasteiger partial charge in [0.2, 0.25) is 0 Å². The van der Waals surface area contributed by atoms with Gasteiger partial charge < -0.3 is 12.9 Å². The first kappa shape index (κ1) is 12.3. The number of rotatable bonds is 2. The lowest BCUT2D eigenvalue weighted by molar-refractivity contribution is -0.161. The molecule has 0 N–H and O–H groups in total. The molecule has 0 saturated heterocycles. The van der Waals surface area contributed by atoms with E-state index < -0.39 is 24.0 Å². The van der Waals surface area contributed by atoms with Crippen molar-refractivity contribution >= 4 is 12.4 Å².